The van der Waals surface area contributed by atoms with Crippen LogP contribution in [0.3, 0.4) is 0 Å². The smallest absolute Gasteiger partial charge is 0.274 e. The number of halogens is 1. The van der Waals surface area contributed by atoms with Gasteiger partial charge in [-0.3, -0.25) is 4.79 Å². The molecule has 0 saturated carbocycles. The van der Waals surface area contributed by atoms with E-state index >= 15 is 0 Å². The third kappa shape index (κ3) is 3.18. The predicted molar refractivity (Wildman–Crippen MR) is 84.9 cm³/mol. The van der Waals surface area contributed by atoms with E-state index in [1.165, 1.54) is 0 Å². The zero-order chi connectivity index (χ0) is 14.8. The van der Waals surface area contributed by atoms with Gasteiger partial charge >= 0.3 is 0 Å². The molecule has 1 aromatic carbocycles. The highest BCUT2D eigenvalue weighted by Crippen LogP contribution is 2.19. The van der Waals surface area contributed by atoms with E-state index in [0.29, 0.717) is 0 Å². The molecule has 120 valence electrons. The lowest BCUT2D eigenvalue weighted by atomic mass is 10.0. The van der Waals surface area contributed by atoms with Crippen LogP contribution in [0.4, 0.5) is 0 Å². The molecule has 2 aromatic rings. The molecule has 1 N–H and O–H groups in total. The predicted octanol–water partition coefficient (Wildman–Crippen LogP) is -1.80. The number of aromatic nitrogens is 2. The van der Waals surface area contributed by atoms with E-state index in [1.807, 2.05) is 24.3 Å². The second-order valence-corrected chi connectivity index (χ2v) is 6.18. The van der Waals surface area contributed by atoms with Crippen molar-refractivity contribution >= 4 is 10.8 Å². The van der Waals surface area contributed by atoms with Crippen molar-refractivity contribution in [3.8, 4) is 0 Å². The monoisotopic (exact) mass is 321 g/mol. The molecule has 22 heavy (non-hydrogen) atoms. The largest absolute Gasteiger partial charge is 1.00 e. The molecule has 1 fully saturated rings. The number of piperidine rings is 1. The fourth-order valence-electron chi connectivity index (χ4n) is 3.28. The van der Waals surface area contributed by atoms with Gasteiger partial charge in [-0.15, -0.1) is 0 Å². The van der Waals surface area contributed by atoms with Gasteiger partial charge in [-0.2, -0.15) is 5.10 Å². The Balaban J connectivity index is 0.00000176. The maximum absolute atomic E-state index is 12.8. The van der Waals surface area contributed by atoms with Gasteiger partial charge in [-0.1, -0.05) is 31.5 Å². The molecule has 0 aliphatic carbocycles. The minimum Gasteiger partial charge on any atom is -1.00 e. The Bertz CT molecular complexity index is 690. The molecular formula is C17H24ClN3O. The van der Waals surface area contributed by atoms with E-state index in [4.69, 9.17) is 5.10 Å². The molecule has 1 aromatic heterocycles. The summed E-state index contributed by atoms with van der Waals surface area (Å²) in [6.45, 7) is 4.40. The molecule has 0 unspecified atom stereocenters. The van der Waals surface area contributed by atoms with Crippen LogP contribution < -0.4 is 22.9 Å². The average molecular weight is 322 g/mol. The maximum atomic E-state index is 12.8. The molecule has 2 heterocycles. The summed E-state index contributed by atoms with van der Waals surface area (Å²) < 4.78 is 1.78. The van der Waals surface area contributed by atoms with Gasteiger partial charge < -0.3 is 17.3 Å². The normalized spacial score (nSPS) is 21.5. The summed E-state index contributed by atoms with van der Waals surface area (Å²) in [5.41, 5.74) is 1.15. The van der Waals surface area contributed by atoms with E-state index in [-0.39, 0.29) is 24.0 Å². The van der Waals surface area contributed by atoms with Crippen molar-refractivity contribution in [2.45, 2.75) is 38.6 Å². The number of likely N-dealkylation sites (tertiary alicyclic amines) is 1. The molecule has 0 atom stereocenters. The molecule has 0 amide bonds. The van der Waals surface area contributed by atoms with Crippen molar-refractivity contribution < 1.29 is 17.3 Å². The standard InChI is InChI=1S/C17H23N3O.ClH/c1-3-6-16-14-7-4-5-8-15(14)17(21)20(18-16)13-9-11-19(2)12-10-13;/h4-5,7-8,13H,3,6,9-12H2,1-2H3;1H. The van der Waals surface area contributed by atoms with Crippen molar-refractivity contribution in [1.82, 2.24) is 9.78 Å². The van der Waals surface area contributed by atoms with E-state index in [2.05, 4.69) is 14.0 Å². The van der Waals surface area contributed by atoms with Crippen LogP contribution in [-0.4, -0.2) is 29.9 Å². The third-order valence-electron chi connectivity index (χ3n) is 4.55. The lowest BCUT2D eigenvalue weighted by Crippen LogP contribution is -3.10. The Morgan fingerprint density at radius 1 is 1.23 bits per heavy atom. The molecule has 4 nitrogen and oxygen atoms in total. The number of hydrogen-bond donors (Lipinski definition) is 1. The van der Waals surface area contributed by atoms with Crippen LogP contribution in [0.1, 0.15) is 37.9 Å². The van der Waals surface area contributed by atoms with Crippen molar-refractivity contribution in [3.63, 3.8) is 0 Å². The number of nitrogens with one attached hydrogen (secondary N) is 1. The molecule has 5 heteroatoms. The van der Waals surface area contributed by atoms with Gasteiger partial charge in [0.2, 0.25) is 0 Å². The molecule has 1 saturated heterocycles. The Labute approximate surface area is 137 Å². The number of nitrogens with zero attached hydrogens (tertiary/aromatic N) is 2. The average Bonchev–Trinajstić information content (AvgIpc) is 2.51. The molecule has 0 radical (unpaired) electrons. The highest BCUT2D eigenvalue weighted by molar-refractivity contribution is 5.83. The van der Waals surface area contributed by atoms with Crippen molar-refractivity contribution in [3.05, 3.63) is 40.3 Å². The van der Waals surface area contributed by atoms with E-state index in [0.717, 1.165) is 55.2 Å². The van der Waals surface area contributed by atoms with Gasteiger partial charge in [0.05, 0.1) is 37.3 Å². The number of benzene rings is 1. The van der Waals surface area contributed by atoms with E-state index in [1.54, 1.807) is 9.58 Å². The summed E-state index contributed by atoms with van der Waals surface area (Å²) in [5.74, 6) is 0. The van der Waals surface area contributed by atoms with Gasteiger partial charge in [0.1, 0.15) is 0 Å². The summed E-state index contributed by atoms with van der Waals surface area (Å²) in [6, 6.07) is 8.17. The summed E-state index contributed by atoms with van der Waals surface area (Å²) in [4.78, 5) is 14.3. The quantitative estimate of drug-likeness (QED) is 0.725. The molecule has 1 aliphatic heterocycles. The first-order valence-electron chi connectivity index (χ1n) is 8.02. The van der Waals surface area contributed by atoms with Crippen LogP contribution in [0.15, 0.2) is 29.1 Å². The fourth-order valence-corrected chi connectivity index (χ4v) is 3.28. The van der Waals surface area contributed by atoms with Crippen LogP contribution >= 0.6 is 0 Å². The summed E-state index contributed by atoms with van der Waals surface area (Å²) in [7, 11) is 2.22. The van der Waals surface area contributed by atoms with Gasteiger partial charge in [0, 0.05) is 18.2 Å². The van der Waals surface area contributed by atoms with Crippen LogP contribution in [0.2, 0.25) is 0 Å². The summed E-state index contributed by atoms with van der Waals surface area (Å²) in [6.07, 6.45) is 4.07. The van der Waals surface area contributed by atoms with Crippen LogP contribution in [0.25, 0.3) is 10.8 Å². The topological polar surface area (TPSA) is 39.3 Å². The lowest BCUT2D eigenvalue weighted by Gasteiger charge is -2.27. The number of rotatable bonds is 3. The minimum absolute atomic E-state index is 0. The number of hydrogen-bond acceptors (Lipinski definition) is 2. The van der Waals surface area contributed by atoms with Crippen LogP contribution in [0.5, 0.6) is 0 Å². The molecule has 1 aliphatic rings. The molecular weight excluding hydrogens is 298 g/mol. The minimum atomic E-state index is 0. The highest BCUT2D eigenvalue weighted by Gasteiger charge is 2.23. The number of fused-ring (bicyclic) bond motifs is 1. The van der Waals surface area contributed by atoms with Gasteiger partial charge in [-0.05, 0) is 12.5 Å². The Morgan fingerprint density at radius 3 is 2.50 bits per heavy atom. The van der Waals surface area contributed by atoms with Gasteiger partial charge in [-0.25, -0.2) is 4.68 Å². The Hall–Kier alpha value is -1.39. The van der Waals surface area contributed by atoms with Crippen LogP contribution in [-0.2, 0) is 6.42 Å². The molecule has 0 spiro atoms. The van der Waals surface area contributed by atoms with E-state index < -0.39 is 0 Å². The van der Waals surface area contributed by atoms with Crippen molar-refractivity contribution in [1.29, 1.82) is 0 Å². The van der Waals surface area contributed by atoms with E-state index in [9.17, 15) is 4.79 Å². The first-order valence-corrected chi connectivity index (χ1v) is 8.02. The van der Waals surface area contributed by atoms with Gasteiger partial charge in [0.25, 0.3) is 5.56 Å². The lowest BCUT2D eigenvalue weighted by molar-refractivity contribution is -0.885. The van der Waals surface area contributed by atoms with Crippen molar-refractivity contribution in [2.75, 3.05) is 20.1 Å². The second-order valence-electron chi connectivity index (χ2n) is 6.18. The summed E-state index contributed by atoms with van der Waals surface area (Å²) >= 11 is 0. The summed E-state index contributed by atoms with van der Waals surface area (Å²) in [5, 5.41) is 6.58. The zero-order valence-corrected chi connectivity index (χ0v) is 14.1. The first kappa shape index (κ1) is 17.0. The zero-order valence-electron chi connectivity index (χ0n) is 13.3. The van der Waals surface area contributed by atoms with Gasteiger partial charge in [0.15, 0.2) is 0 Å². The Kier molecular flexibility index (Phi) is 5.59. The number of aryl methyl sites for hydroxylation is 1. The molecule has 3 rings (SSSR count). The Morgan fingerprint density at radius 2 is 1.86 bits per heavy atom. The first-order chi connectivity index (χ1) is 10.2. The fraction of sp³-hybridized carbons (Fsp3) is 0.529. The van der Waals surface area contributed by atoms with Crippen LogP contribution in [0, 0.1) is 0 Å². The molecule has 0 bridgehead atoms. The highest BCUT2D eigenvalue weighted by atomic mass is 35.5. The maximum Gasteiger partial charge on any atom is 0.274 e. The third-order valence-corrected chi connectivity index (χ3v) is 4.55. The van der Waals surface area contributed by atoms with Crippen molar-refractivity contribution in [2.24, 2.45) is 0 Å². The SMILES string of the molecule is CCCc1nn(C2CC[NH+](C)CC2)c(=O)c2ccccc12.[Cl-]. The second kappa shape index (κ2) is 7.25. The number of quaternary nitrogens is 1.